The largest absolute Gasteiger partial charge is 0.328 e. The summed E-state index contributed by atoms with van der Waals surface area (Å²) in [6, 6.07) is 5.15. The normalized spacial score (nSPS) is 10.4. The molecular weight excluding hydrogens is 262 g/mol. The number of carbonyl (C=O) groups excluding carboxylic acids is 2. The molecule has 2 aromatic heterocycles. The monoisotopic (exact) mass is 271 g/mol. The number of aromatic amines is 1. The van der Waals surface area contributed by atoms with Gasteiger partial charge in [-0.25, -0.2) is 4.68 Å². The lowest BCUT2D eigenvalue weighted by atomic mass is 10.2. The minimum absolute atomic E-state index is 0.491. The SMILES string of the molecule is O=C(Nc1ccc2cn[nH]c2c1)C(=O)Nn1cnnc1. The van der Waals surface area contributed by atoms with Crippen LogP contribution in [-0.4, -0.2) is 36.9 Å². The van der Waals surface area contributed by atoms with Gasteiger partial charge in [0.05, 0.1) is 11.7 Å². The van der Waals surface area contributed by atoms with Gasteiger partial charge in [0.1, 0.15) is 12.7 Å². The summed E-state index contributed by atoms with van der Waals surface area (Å²) in [6.45, 7) is 0. The molecule has 0 bridgehead atoms. The number of hydrogen-bond donors (Lipinski definition) is 3. The first kappa shape index (κ1) is 11.8. The third-order valence-corrected chi connectivity index (χ3v) is 2.56. The van der Waals surface area contributed by atoms with Crippen LogP contribution in [0.4, 0.5) is 5.69 Å². The van der Waals surface area contributed by atoms with Crippen molar-refractivity contribution in [1.29, 1.82) is 0 Å². The van der Waals surface area contributed by atoms with E-state index in [4.69, 9.17) is 0 Å². The lowest BCUT2D eigenvalue weighted by molar-refractivity contribution is -0.133. The fraction of sp³-hybridized carbons (Fsp3) is 0. The van der Waals surface area contributed by atoms with E-state index in [0.717, 1.165) is 10.9 Å². The summed E-state index contributed by atoms with van der Waals surface area (Å²) in [5.41, 5.74) is 3.55. The summed E-state index contributed by atoms with van der Waals surface area (Å²) in [5, 5.41) is 17.1. The molecule has 3 rings (SSSR count). The predicted molar refractivity (Wildman–Crippen MR) is 69.1 cm³/mol. The minimum Gasteiger partial charge on any atom is -0.318 e. The number of fused-ring (bicyclic) bond motifs is 1. The van der Waals surface area contributed by atoms with E-state index < -0.39 is 11.8 Å². The van der Waals surface area contributed by atoms with Gasteiger partial charge in [-0.05, 0) is 18.2 Å². The fourth-order valence-electron chi connectivity index (χ4n) is 1.63. The number of H-pyrrole nitrogens is 1. The smallest absolute Gasteiger partial charge is 0.318 e. The molecule has 0 spiro atoms. The van der Waals surface area contributed by atoms with Crippen molar-refractivity contribution in [3.63, 3.8) is 0 Å². The van der Waals surface area contributed by atoms with Crippen LogP contribution in [0.25, 0.3) is 10.9 Å². The van der Waals surface area contributed by atoms with Crippen LogP contribution in [0.1, 0.15) is 0 Å². The molecule has 0 unspecified atom stereocenters. The summed E-state index contributed by atoms with van der Waals surface area (Å²) < 4.78 is 1.18. The Labute approximate surface area is 112 Å². The van der Waals surface area contributed by atoms with Crippen LogP contribution in [0.15, 0.2) is 37.1 Å². The van der Waals surface area contributed by atoms with Gasteiger partial charge in [0.2, 0.25) is 0 Å². The Kier molecular flexibility index (Phi) is 2.84. The van der Waals surface area contributed by atoms with E-state index in [2.05, 4.69) is 31.1 Å². The first-order valence-electron chi connectivity index (χ1n) is 5.62. The molecule has 0 fully saturated rings. The van der Waals surface area contributed by atoms with Crippen molar-refractivity contribution >= 4 is 28.4 Å². The summed E-state index contributed by atoms with van der Waals surface area (Å²) in [6.07, 6.45) is 4.20. The number of nitrogens with zero attached hydrogens (tertiary/aromatic N) is 4. The second-order valence-electron chi connectivity index (χ2n) is 3.94. The maximum Gasteiger partial charge on any atom is 0.328 e. The molecule has 20 heavy (non-hydrogen) atoms. The van der Waals surface area contributed by atoms with E-state index in [-0.39, 0.29) is 0 Å². The standard InChI is InChI=1S/C11H9N7O2/c19-10(11(20)17-18-5-13-14-6-18)15-8-2-1-7-4-12-16-9(7)3-8/h1-6H,(H,12,16)(H,15,19)(H,17,20). The second kappa shape index (κ2) is 4.80. The molecule has 1 aromatic carbocycles. The molecule has 9 heteroatoms. The van der Waals surface area contributed by atoms with Crippen molar-refractivity contribution < 1.29 is 9.59 Å². The molecule has 0 aliphatic heterocycles. The number of nitrogens with one attached hydrogen (secondary N) is 3. The number of aromatic nitrogens is 5. The average molecular weight is 271 g/mol. The Morgan fingerprint density at radius 3 is 2.75 bits per heavy atom. The highest BCUT2D eigenvalue weighted by molar-refractivity contribution is 6.42. The Balaban J connectivity index is 1.70. The number of hydrogen-bond acceptors (Lipinski definition) is 5. The quantitative estimate of drug-likeness (QED) is 0.561. The first-order chi connectivity index (χ1) is 9.72. The van der Waals surface area contributed by atoms with Gasteiger partial charge in [0.15, 0.2) is 0 Å². The Hall–Kier alpha value is -3.23. The molecule has 2 amide bonds. The lowest BCUT2D eigenvalue weighted by Gasteiger charge is -2.06. The van der Waals surface area contributed by atoms with Crippen molar-refractivity contribution in [3.05, 3.63) is 37.1 Å². The summed E-state index contributed by atoms with van der Waals surface area (Å²) in [5.74, 6) is -1.62. The van der Waals surface area contributed by atoms with Crippen molar-refractivity contribution in [1.82, 2.24) is 25.1 Å². The first-order valence-corrected chi connectivity index (χ1v) is 5.62. The van der Waals surface area contributed by atoms with Crippen molar-refractivity contribution in [2.75, 3.05) is 10.7 Å². The van der Waals surface area contributed by atoms with Crippen LogP contribution in [0, 0.1) is 0 Å². The zero-order valence-electron chi connectivity index (χ0n) is 10.1. The number of benzene rings is 1. The molecule has 0 aliphatic rings. The van der Waals surface area contributed by atoms with E-state index in [1.165, 1.54) is 17.3 Å². The molecule has 3 N–H and O–H groups in total. The molecule has 3 aromatic rings. The van der Waals surface area contributed by atoms with Gasteiger partial charge in [-0.1, -0.05) is 0 Å². The summed E-state index contributed by atoms with van der Waals surface area (Å²) in [7, 11) is 0. The molecule has 0 radical (unpaired) electrons. The highest BCUT2D eigenvalue weighted by atomic mass is 16.2. The van der Waals surface area contributed by atoms with Gasteiger partial charge in [-0.3, -0.25) is 20.1 Å². The average Bonchev–Trinajstić information content (AvgIpc) is 3.08. The predicted octanol–water partition coefficient (Wildman–Crippen LogP) is -0.137. The summed E-state index contributed by atoms with van der Waals surface area (Å²) >= 11 is 0. The topological polar surface area (TPSA) is 118 Å². The van der Waals surface area contributed by atoms with E-state index in [1.54, 1.807) is 24.4 Å². The molecule has 9 nitrogen and oxygen atoms in total. The van der Waals surface area contributed by atoms with Crippen LogP contribution in [-0.2, 0) is 9.59 Å². The summed E-state index contributed by atoms with van der Waals surface area (Å²) in [4.78, 5) is 23.3. The van der Waals surface area contributed by atoms with Crippen molar-refractivity contribution in [2.45, 2.75) is 0 Å². The highest BCUT2D eigenvalue weighted by Gasteiger charge is 2.14. The molecular formula is C11H9N7O2. The molecule has 0 atom stereocenters. The molecule has 2 heterocycles. The Bertz CT molecular complexity index is 762. The van der Waals surface area contributed by atoms with Crippen molar-refractivity contribution in [3.8, 4) is 0 Å². The van der Waals surface area contributed by atoms with E-state index in [9.17, 15) is 9.59 Å². The maximum atomic E-state index is 11.7. The van der Waals surface area contributed by atoms with Gasteiger partial charge in [-0.15, -0.1) is 10.2 Å². The van der Waals surface area contributed by atoms with Crippen LogP contribution in [0.3, 0.4) is 0 Å². The number of anilines is 1. The van der Waals surface area contributed by atoms with E-state index in [1.807, 2.05) is 0 Å². The lowest BCUT2D eigenvalue weighted by Crippen LogP contribution is -2.33. The van der Waals surface area contributed by atoms with Crippen LogP contribution in [0.2, 0.25) is 0 Å². The van der Waals surface area contributed by atoms with Crippen LogP contribution in [0.5, 0.6) is 0 Å². The Morgan fingerprint density at radius 1 is 1.15 bits per heavy atom. The van der Waals surface area contributed by atoms with Gasteiger partial charge in [-0.2, -0.15) is 5.10 Å². The van der Waals surface area contributed by atoms with Gasteiger partial charge in [0, 0.05) is 11.1 Å². The second-order valence-corrected chi connectivity index (χ2v) is 3.94. The Morgan fingerprint density at radius 2 is 1.95 bits per heavy atom. The van der Waals surface area contributed by atoms with Crippen LogP contribution >= 0.6 is 0 Å². The number of amides is 2. The highest BCUT2D eigenvalue weighted by Crippen LogP contribution is 2.16. The number of rotatable bonds is 2. The molecule has 0 saturated heterocycles. The van der Waals surface area contributed by atoms with Gasteiger partial charge in [0.25, 0.3) is 0 Å². The maximum absolute atomic E-state index is 11.7. The van der Waals surface area contributed by atoms with Gasteiger partial charge < -0.3 is 5.32 Å². The van der Waals surface area contributed by atoms with E-state index >= 15 is 0 Å². The molecule has 0 saturated carbocycles. The zero-order chi connectivity index (χ0) is 13.9. The third-order valence-electron chi connectivity index (χ3n) is 2.56. The van der Waals surface area contributed by atoms with Crippen LogP contribution < -0.4 is 10.7 Å². The van der Waals surface area contributed by atoms with E-state index in [0.29, 0.717) is 5.69 Å². The molecule has 100 valence electrons. The fourth-order valence-corrected chi connectivity index (χ4v) is 1.63. The molecule has 0 aliphatic carbocycles. The third kappa shape index (κ3) is 2.32. The van der Waals surface area contributed by atoms with Crippen molar-refractivity contribution in [2.24, 2.45) is 0 Å². The van der Waals surface area contributed by atoms with Gasteiger partial charge >= 0.3 is 11.8 Å². The zero-order valence-corrected chi connectivity index (χ0v) is 10.1. The minimum atomic E-state index is -0.825. The number of carbonyl (C=O) groups is 2.